The molecule has 0 radical (unpaired) electrons. The van der Waals surface area contributed by atoms with Crippen molar-refractivity contribution in [2.45, 2.75) is 65.1 Å². The fraction of sp³-hybridized carbons (Fsp3) is 0.536. The van der Waals surface area contributed by atoms with Gasteiger partial charge in [0.15, 0.2) is 6.10 Å². The predicted octanol–water partition coefficient (Wildman–Crippen LogP) is 4.06. The molecule has 1 unspecified atom stereocenters. The molecule has 1 fully saturated rings. The van der Waals surface area contributed by atoms with Crippen molar-refractivity contribution in [1.82, 2.24) is 10.2 Å². The molecule has 0 aliphatic carbocycles. The third kappa shape index (κ3) is 6.40. The number of likely N-dealkylation sites (tertiary alicyclic amines) is 1. The van der Waals surface area contributed by atoms with Crippen LogP contribution >= 0.6 is 0 Å². The highest BCUT2D eigenvalue weighted by Crippen LogP contribution is 2.38. The van der Waals surface area contributed by atoms with E-state index in [1.807, 2.05) is 24.3 Å². The highest BCUT2D eigenvalue weighted by molar-refractivity contribution is 7.92. The van der Waals surface area contributed by atoms with E-state index in [-0.39, 0.29) is 17.9 Å². The number of ether oxygens (including phenoxy) is 1. The first-order valence-corrected chi connectivity index (χ1v) is 14.6. The highest BCUT2D eigenvalue weighted by atomic mass is 32.2. The predicted molar refractivity (Wildman–Crippen MR) is 144 cm³/mol. The lowest BCUT2D eigenvalue weighted by Crippen LogP contribution is -2.50. The van der Waals surface area contributed by atoms with Crippen molar-refractivity contribution >= 4 is 21.6 Å². The quantitative estimate of drug-likeness (QED) is 0.630. The molecule has 2 aromatic carbocycles. The summed E-state index contributed by atoms with van der Waals surface area (Å²) in [4.78, 5) is 15.5. The van der Waals surface area contributed by atoms with Gasteiger partial charge in [0, 0.05) is 13.1 Å². The summed E-state index contributed by atoms with van der Waals surface area (Å²) in [5.41, 5.74) is 3.58. The number of fused-ring (bicyclic) bond motifs is 1. The van der Waals surface area contributed by atoms with Crippen LogP contribution in [0.2, 0.25) is 0 Å². The average molecular weight is 514 g/mol. The van der Waals surface area contributed by atoms with Crippen molar-refractivity contribution in [2.75, 3.05) is 30.2 Å². The van der Waals surface area contributed by atoms with E-state index in [0.717, 1.165) is 42.9 Å². The number of hydrogen-bond acceptors (Lipinski definition) is 5. The van der Waals surface area contributed by atoms with Crippen LogP contribution in [0.4, 0.5) is 5.69 Å². The second-order valence-corrected chi connectivity index (χ2v) is 13.2. The number of anilines is 1. The average Bonchev–Trinajstić information content (AvgIpc) is 2.82. The van der Waals surface area contributed by atoms with Crippen LogP contribution in [-0.4, -0.2) is 51.2 Å². The highest BCUT2D eigenvalue weighted by Gasteiger charge is 2.35. The van der Waals surface area contributed by atoms with E-state index >= 15 is 0 Å². The van der Waals surface area contributed by atoms with Crippen molar-refractivity contribution < 1.29 is 17.9 Å². The maximum absolute atomic E-state index is 13.0. The molecular weight excluding hydrogens is 474 g/mol. The summed E-state index contributed by atoms with van der Waals surface area (Å²) in [6.07, 6.45) is 2.71. The molecule has 0 aromatic heterocycles. The van der Waals surface area contributed by atoms with Crippen molar-refractivity contribution in [3.05, 3.63) is 59.2 Å². The summed E-state index contributed by atoms with van der Waals surface area (Å²) >= 11 is 0. The largest absolute Gasteiger partial charge is 0.476 e. The molecule has 4 rings (SSSR count). The summed E-state index contributed by atoms with van der Waals surface area (Å²) in [5.74, 6) is 0.873. The molecule has 0 saturated carbocycles. The summed E-state index contributed by atoms with van der Waals surface area (Å²) < 4.78 is 32.5. The molecule has 196 valence electrons. The van der Waals surface area contributed by atoms with Gasteiger partial charge in [-0.25, -0.2) is 8.42 Å². The van der Waals surface area contributed by atoms with Gasteiger partial charge in [-0.15, -0.1) is 0 Å². The Balaban J connectivity index is 1.43. The van der Waals surface area contributed by atoms with Gasteiger partial charge in [0.25, 0.3) is 5.91 Å². The molecule has 2 aliphatic heterocycles. The van der Waals surface area contributed by atoms with E-state index in [1.165, 1.54) is 22.7 Å². The van der Waals surface area contributed by atoms with Crippen molar-refractivity contribution in [2.24, 2.45) is 5.92 Å². The summed E-state index contributed by atoms with van der Waals surface area (Å²) in [7, 11) is -3.59. The molecule has 1 amide bonds. The van der Waals surface area contributed by atoms with Gasteiger partial charge in [0.05, 0.1) is 18.5 Å². The fourth-order valence-corrected chi connectivity index (χ4v) is 5.69. The fourth-order valence-electron chi connectivity index (χ4n) is 4.79. The number of piperidine rings is 1. The molecular formula is C28H39N3O4S. The Kier molecular flexibility index (Phi) is 7.67. The summed E-state index contributed by atoms with van der Waals surface area (Å²) in [5, 5.41) is 2.94. The molecule has 2 aliphatic rings. The number of nitrogens with one attached hydrogen (secondary N) is 1. The minimum absolute atomic E-state index is 0.0569. The SMILES string of the molecule is CC1CCN(Cc2cccc(CNC(=O)C3CN(S(C)(=O)=O)c4cc(C(C)(C)C)ccc4O3)c2)CC1. The lowest BCUT2D eigenvalue weighted by molar-refractivity contribution is -0.127. The Bertz CT molecular complexity index is 1200. The molecule has 1 saturated heterocycles. The molecule has 0 bridgehead atoms. The molecule has 1 atom stereocenters. The second kappa shape index (κ2) is 10.4. The molecule has 2 heterocycles. The van der Waals surface area contributed by atoms with E-state index < -0.39 is 16.1 Å². The Hall–Kier alpha value is -2.58. The van der Waals surface area contributed by atoms with E-state index in [2.05, 4.69) is 50.0 Å². The number of benzene rings is 2. The number of carbonyl (C=O) groups is 1. The maximum atomic E-state index is 13.0. The normalized spacial score (nSPS) is 19.5. The van der Waals surface area contributed by atoms with Gasteiger partial charge >= 0.3 is 0 Å². The zero-order chi connectivity index (χ0) is 26.1. The van der Waals surface area contributed by atoms with Gasteiger partial charge in [-0.1, -0.05) is 58.0 Å². The van der Waals surface area contributed by atoms with E-state index in [4.69, 9.17) is 4.74 Å². The number of carbonyl (C=O) groups excluding carboxylic acids is 1. The smallest absolute Gasteiger partial charge is 0.263 e. The van der Waals surface area contributed by atoms with Gasteiger partial charge < -0.3 is 10.1 Å². The molecule has 0 spiro atoms. The van der Waals surface area contributed by atoms with Crippen molar-refractivity contribution in [3.63, 3.8) is 0 Å². The summed E-state index contributed by atoms with van der Waals surface area (Å²) in [6.45, 7) is 12.0. The third-order valence-corrected chi connectivity index (χ3v) is 8.27. The number of amides is 1. The van der Waals surface area contributed by atoms with Crippen LogP contribution in [0.3, 0.4) is 0 Å². The first-order valence-electron chi connectivity index (χ1n) is 12.8. The first-order chi connectivity index (χ1) is 16.9. The first kappa shape index (κ1) is 26.5. The zero-order valence-corrected chi connectivity index (χ0v) is 22.9. The molecule has 8 heteroatoms. The van der Waals surface area contributed by atoms with E-state index in [0.29, 0.717) is 18.0 Å². The molecule has 7 nitrogen and oxygen atoms in total. The Labute approximate surface area is 215 Å². The zero-order valence-electron chi connectivity index (χ0n) is 22.1. The van der Waals surface area contributed by atoms with Crippen LogP contribution in [0.1, 0.15) is 57.2 Å². The maximum Gasteiger partial charge on any atom is 0.263 e. The van der Waals surface area contributed by atoms with Crippen LogP contribution < -0.4 is 14.4 Å². The topological polar surface area (TPSA) is 79.0 Å². The lowest BCUT2D eigenvalue weighted by Gasteiger charge is -2.35. The lowest BCUT2D eigenvalue weighted by atomic mass is 9.86. The van der Waals surface area contributed by atoms with Crippen LogP contribution in [-0.2, 0) is 33.3 Å². The Morgan fingerprint density at radius 2 is 1.78 bits per heavy atom. The monoisotopic (exact) mass is 513 g/mol. The van der Waals surface area contributed by atoms with Crippen molar-refractivity contribution in [3.8, 4) is 5.75 Å². The van der Waals surface area contributed by atoms with Crippen molar-refractivity contribution in [1.29, 1.82) is 0 Å². The van der Waals surface area contributed by atoms with Crippen LogP contribution in [0.15, 0.2) is 42.5 Å². The Morgan fingerprint density at radius 3 is 2.44 bits per heavy atom. The standard InChI is InChI=1S/C28H39N3O4S/c1-20-11-13-30(14-12-20)18-22-8-6-7-21(15-22)17-29-27(32)26-19-31(36(5,33)34)24-16-23(28(2,3)4)9-10-25(24)35-26/h6-10,15-16,20,26H,11-14,17-19H2,1-5H3,(H,29,32). The number of nitrogens with zero attached hydrogens (tertiary/aromatic N) is 2. The van der Waals surface area contributed by atoms with Gasteiger partial charge in [-0.3, -0.25) is 14.0 Å². The van der Waals surface area contributed by atoms with Gasteiger partial charge in [0.2, 0.25) is 10.0 Å². The molecule has 2 aromatic rings. The Morgan fingerprint density at radius 1 is 1.08 bits per heavy atom. The van der Waals surface area contributed by atoms with E-state index in [1.54, 1.807) is 6.07 Å². The number of hydrogen-bond donors (Lipinski definition) is 1. The van der Waals surface area contributed by atoms with E-state index in [9.17, 15) is 13.2 Å². The number of sulfonamides is 1. The minimum atomic E-state index is -3.59. The van der Waals surface area contributed by atoms with Crippen LogP contribution in [0.25, 0.3) is 0 Å². The number of rotatable bonds is 6. The molecule has 36 heavy (non-hydrogen) atoms. The second-order valence-electron chi connectivity index (χ2n) is 11.3. The van der Waals surface area contributed by atoms with Crippen LogP contribution in [0.5, 0.6) is 5.75 Å². The van der Waals surface area contributed by atoms with Gasteiger partial charge in [-0.2, -0.15) is 0 Å². The van der Waals surface area contributed by atoms with Crippen LogP contribution in [0, 0.1) is 5.92 Å². The molecule has 1 N–H and O–H groups in total. The third-order valence-electron chi connectivity index (χ3n) is 7.13. The van der Waals surface area contributed by atoms with Gasteiger partial charge in [-0.05, 0) is 66.1 Å². The minimum Gasteiger partial charge on any atom is -0.476 e. The summed E-state index contributed by atoms with van der Waals surface area (Å²) in [6, 6.07) is 13.8. The van der Waals surface area contributed by atoms with Gasteiger partial charge in [0.1, 0.15) is 5.75 Å².